The third-order valence-electron chi connectivity index (χ3n) is 5.21. The van der Waals surface area contributed by atoms with Crippen molar-refractivity contribution < 1.29 is 38.0 Å². The summed E-state index contributed by atoms with van der Waals surface area (Å²) >= 11 is 0. The Morgan fingerprint density at radius 2 is 0.824 bits per heavy atom. The monoisotopic (exact) mass is 474 g/mol. The summed E-state index contributed by atoms with van der Waals surface area (Å²) in [4.78, 5) is 24.4. The molecular formula is C26H34O8. The highest BCUT2D eigenvalue weighted by molar-refractivity contribution is 5.75. The summed E-state index contributed by atoms with van der Waals surface area (Å²) in [5.41, 5.74) is 0. The molecule has 0 fully saturated rings. The second-order valence-corrected chi connectivity index (χ2v) is 7.55. The fourth-order valence-corrected chi connectivity index (χ4v) is 3.41. The summed E-state index contributed by atoms with van der Waals surface area (Å²) < 4.78 is 31.9. The summed E-state index contributed by atoms with van der Waals surface area (Å²) in [6.07, 6.45) is 5.84. The Bertz CT molecular complexity index is 805. The number of para-hydroxylation sites is 2. The van der Waals surface area contributed by atoms with E-state index in [1.54, 1.807) is 36.4 Å². The average molecular weight is 475 g/mol. The highest BCUT2D eigenvalue weighted by atomic mass is 16.6. The number of carbonyl (C=O) groups excluding carboxylic acids is 2. The molecule has 0 N–H and O–H groups in total. The van der Waals surface area contributed by atoms with Crippen LogP contribution in [0.4, 0.5) is 0 Å². The molecule has 0 spiro atoms. The molecule has 0 bridgehead atoms. The van der Waals surface area contributed by atoms with Gasteiger partial charge in [-0.15, -0.1) is 0 Å². The van der Waals surface area contributed by atoms with Crippen LogP contribution in [0.25, 0.3) is 0 Å². The van der Waals surface area contributed by atoms with Gasteiger partial charge in [0.2, 0.25) is 11.5 Å². The highest BCUT2D eigenvalue weighted by Gasteiger charge is 2.16. The van der Waals surface area contributed by atoms with Crippen LogP contribution in [0, 0.1) is 0 Å². The van der Waals surface area contributed by atoms with Gasteiger partial charge in [-0.05, 0) is 37.1 Å². The first kappa shape index (κ1) is 26.8. The van der Waals surface area contributed by atoms with E-state index in [-0.39, 0.29) is 11.9 Å². The van der Waals surface area contributed by atoms with Gasteiger partial charge in [0, 0.05) is 12.8 Å². The number of benzene rings is 2. The standard InChI is InChI=1S/C26H34O8/c1-29-19-13-11-14-20(30-2)25(19)33-23(27)17-9-7-5-6-8-10-18-24(28)34-26-21(31-3)15-12-16-22(26)32-4/h11-16H,5-10,17-18H2,1-4H3. The third-order valence-corrected chi connectivity index (χ3v) is 5.21. The van der Waals surface area contributed by atoms with Gasteiger partial charge in [-0.1, -0.05) is 37.8 Å². The molecule has 0 heterocycles. The lowest BCUT2D eigenvalue weighted by atomic mass is 10.1. The van der Waals surface area contributed by atoms with Gasteiger partial charge in [0.05, 0.1) is 28.4 Å². The van der Waals surface area contributed by atoms with Gasteiger partial charge < -0.3 is 28.4 Å². The van der Waals surface area contributed by atoms with Crippen molar-refractivity contribution in [1.82, 2.24) is 0 Å². The molecule has 8 nitrogen and oxygen atoms in total. The number of hydrogen-bond acceptors (Lipinski definition) is 8. The smallest absolute Gasteiger partial charge is 0.311 e. The maximum absolute atomic E-state index is 12.2. The summed E-state index contributed by atoms with van der Waals surface area (Å²) in [5.74, 6) is 1.77. The van der Waals surface area contributed by atoms with Crippen LogP contribution in [-0.4, -0.2) is 40.4 Å². The zero-order chi connectivity index (χ0) is 24.8. The first-order chi connectivity index (χ1) is 16.5. The van der Waals surface area contributed by atoms with E-state index in [1.165, 1.54) is 28.4 Å². The third kappa shape index (κ3) is 8.17. The molecule has 186 valence electrons. The number of esters is 2. The van der Waals surface area contributed by atoms with E-state index >= 15 is 0 Å². The van der Waals surface area contributed by atoms with Gasteiger partial charge in [0.25, 0.3) is 0 Å². The maximum Gasteiger partial charge on any atom is 0.311 e. The molecular weight excluding hydrogens is 440 g/mol. The van der Waals surface area contributed by atoms with Gasteiger partial charge in [-0.25, -0.2) is 0 Å². The van der Waals surface area contributed by atoms with Crippen molar-refractivity contribution in [2.75, 3.05) is 28.4 Å². The molecule has 0 saturated heterocycles. The van der Waals surface area contributed by atoms with Crippen LogP contribution in [0.5, 0.6) is 34.5 Å². The van der Waals surface area contributed by atoms with Crippen molar-refractivity contribution in [2.45, 2.75) is 51.4 Å². The van der Waals surface area contributed by atoms with Crippen molar-refractivity contribution in [1.29, 1.82) is 0 Å². The molecule has 0 aliphatic heterocycles. The van der Waals surface area contributed by atoms with Crippen LogP contribution < -0.4 is 28.4 Å². The van der Waals surface area contributed by atoms with Crippen LogP contribution in [0.15, 0.2) is 36.4 Å². The predicted molar refractivity (Wildman–Crippen MR) is 127 cm³/mol. The van der Waals surface area contributed by atoms with E-state index < -0.39 is 0 Å². The Balaban J connectivity index is 1.61. The quantitative estimate of drug-likeness (QED) is 0.194. The van der Waals surface area contributed by atoms with Gasteiger partial charge >= 0.3 is 11.9 Å². The fraction of sp³-hybridized carbons (Fsp3) is 0.462. The molecule has 0 aromatic heterocycles. The Morgan fingerprint density at radius 1 is 0.529 bits per heavy atom. The minimum Gasteiger partial charge on any atom is -0.493 e. The van der Waals surface area contributed by atoms with Crippen molar-refractivity contribution in [2.24, 2.45) is 0 Å². The van der Waals surface area contributed by atoms with Gasteiger partial charge in [0.1, 0.15) is 0 Å². The van der Waals surface area contributed by atoms with Gasteiger partial charge in [-0.3, -0.25) is 9.59 Å². The molecule has 34 heavy (non-hydrogen) atoms. The Hall–Kier alpha value is -3.42. The summed E-state index contributed by atoms with van der Waals surface area (Å²) in [6.45, 7) is 0. The molecule has 2 aromatic rings. The Labute approximate surface area is 201 Å². The van der Waals surface area contributed by atoms with Crippen molar-refractivity contribution in [3.05, 3.63) is 36.4 Å². The molecule has 0 radical (unpaired) electrons. The maximum atomic E-state index is 12.2. The fourth-order valence-electron chi connectivity index (χ4n) is 3.41. The number of unbranched alkanes of at least 4 members (excludes halogenated alkanes) is 5. The number of ether oxygens (including phenoxy) is 6. The lowest BCUT2D eigenvalue weighted by Gasteiger charge is -2.13. The number of methoxy groups -OCH3 is 4. The van der Waals surface area contributed by atoms with E-state index in [0.29, 0.717) is 47.3 Å². The second kappa shape index (κ2) is 14.7. The van der Waals surface area contributed by atoms with Crippen LogP contribution in [0.2, 0.25) is 0 Å². The second-order valence-electron chi connectivity index (χ2n) is 7.55. The largest absolute Gasteiger partial charge is 0.493 e. The molecule has 0 aliphatic carbocycles. The summed E-state index contributed by atoms with van der Waals surface area (Å²) in [6, 6.07) is 10.4. The number of carbonyl (C=O) groups is 2. The van der Waals surface area contributed by atoms with E-state index in [2.05, 4.69) is 0 Å². The zero-order valence-electron chi connectivity index (χ0n) is 20.4. The zero-order valence-corrected chi connectivity index (χ0v) is 20.4. The molecule has 0 amide bonds. The molecule has 2 aromatic carbocycles. The first-order valence-corrected chi connectivity index (χ1v) is 11.4. The number of hydrogen-bond donors (Lipinski definition) is 0. The van der Waals surface area contributed by atoms with E-state index in [4.69, 9.17) is 28.4 Å². The van der Waals surface area contributed by atoms with Crippen molar-refractivity contribution in [3.8, 4) is 34.5 Å². The van der Waals surface area contributed by atoms with Gasteiger partial charge in [0.15, 0.2) is 23.0 Å². The van der Waals surface area contributed by atoms with Crippen LogP contribution >= 0.6 is 0 Å². The van der Waals surface area contributed by atoms with Gasteiger partial charge in [-0.2, -0.15) is 0 Å². The summed E-state index contributed by atoms with van der Waals surface area (Å²) in [5, 5.41) is 0. The van der Waals surface area contributed by atoms with Crippen molar-refractivity contribution >= 4 is 11.9 Å². The SMILES string of the molecule is COc1cccc(OC)c1OC(=O)CCCCCCCCC(=O)Oc1c(OC)cccc1OC. The average Bonchev–Trinajstić information content (AvgIpc) is 2.85. The minimum absolute atomic E-state index is 0.301. The minimum atomic E-state index is -0.322. The lowest BCUT2D eigenvalue weighted by molar-refractivity contribution is -0.135. The lowest BCUT2D eigenvalue weighted by Crippen LogP contribution is -2.09. The van der Waals surface area contributed by atoms with Crippen LogP contribution in [0.3, 0.4) is 0 Å². The topological polar surface area (TPSA) is 89.5 Å². The first-order valence-electron chi connectivity index (χ1n) is 11.4. The van der Waals surface area contributed by atoms with E-state index in [1.807, 2.05) is 0 Å². The molecule has 0 aliphatic rings. The molecule has 8 heteroatoms. The Morgan fingerprint density at radius 3 is 1.12 bits per heavy atom. The normalized spacial score (nSPS) is 10.4. The van der Waals surface area contributed by atoms with E-state index in [9.17, 15) is 9.59 Å². The highest BCUT2D eigenvalue weighted by Crippen LogP contribution is 2.38. The molecule has 0 saturated carbocycles. The summed E-state index contributed by atoms with van der Waals surface area (Å²) in [7, 11) is 6.06. The molecule has 0 atom stereocenters. The van der Waals surface area contributed by atoms with Crippen LogP contribution in [-0.2, 0) is 9.59 Å². The predicted octanol–water partition coefficient (Wildman–Crippen LogP) is 5.35. The van der Waals surface area contributed by atoms with Crippen LogP contribution in [0.1, 0.15) is 51.4 Å². The molecule has 2 rings (SSSR count). The number of rotatable bonds is 15. The van der Waals surface area contributed by atoms with E-state index in [0.717, 1.165) is 38.5 Å². The van der Waals surface area contributed by atoms with Crippen molar-refractivity contribution in [3.63, 3.8) is 0 Å². The Kier molecular flexibility index (Phi) is 11.6. The molecule has 0 unspecified atom stereocenters.